The van der Waals surface area contributed by atoms with Gasteiger partial charge in [-0.3, -0.25) is 14.5 Å². The first-order valence-electron chi connectivity index (χ1n) is 10.7. The van der Waals surface area contributed by atoms with Crippen LogP contribution in [0.2, 0.25) is 0 Å². The Bertz CT molecular complexity index is 1260. The Balaban J connectivity index is 1.20. The normalized spacial score (nSPS) is 18.8. The van der Waals surface area contributed by atoms with Crippen LogP contribution in [-0.4, -0.2) is 46.6 Å². The van der Waals surface area contributed by atoms with Crippen LogP contribution in [0.3, 0.4) is 0 Å². The molecule has 1 fully saturated rings. The minimum absolute atomic E-state index is 0.186. The smallest absolute Gasteiger partial charge is 0.325 e. The first-order chi connectivity index (χ1) is 16.4. The molecule has 1 unspecified atom stereocenters. The summed E-state index contributed by atoms with van der Waals surface area (Å²) in [5.74, 6) is 0.410. The molecule has 4 amide bonds. The zero-order valence-electron chi connectivity index (χ0n) is 18.4. The van der Waals surface area contributed by atoms with Crippen LogP contribution >= 0.6 is 11.3 Å². The molecule has 1 aromatic heterocycles. The molecule has 2 aliphatic heterocycles. The van der Waals surface area contributed by atoms with Gasteiger partial charge in [0.2, 0.25) is 12.7 Å². The number of aromatic nitrogens is 1. The lowest BCUT2D eigenvalue weighted by atomic mass is 9.93. The van der Waals surface area contributed by atoms with Gasteiger partial charge in [-0.05, 0) is 43.5 Å². The molecule has 174 valence electrons. The average molecular weight is 479 g/mol. The molecular weight excluding hydrogens is 456 g/mol. The molecule has 1 saturated heterocycles. The molecule has 0 bridgehead atoms. The van der Waals surface area contributed by atoms with E-state index >= 15 is 0 Å². The number of carbonyl (C=O) groups excluding carboxylic acids is 3. The van der Waals surface area contributed by atoms with Gasteiger partial charge in [-0.2, -0.15) is 0 Å². The van der Waals surface area contributed by atoms with E-state index in [1.54, 1.807) is 6.92 Å². The van der Waals surface area contributed by atoms with E-state index in [1.165, 1.54) is 11.3 Å². The van der Waals surface area contributed by atoms with Gasteiger partial charge in [0, 0.05) is 10.9 Å². The lowest BCUT2D eigenvalue weighted by molar-refractivity contribution is -0.133. The Labute approximate surface area is 199 Å². The van der Waals surface area contributed by atoms with E-state index in [4.69, 9.17) is 9.47 Å². The fourth-order valence-corrected chi connectivity index (χ4v) is 4.66. The number of carbonyl (C=O) groups is 3. The molecule has 9 nitrogen and oxygen atoms in total. The second-order valence-corrected chi connectivity index (χ2v) is 9.15. The fraction of sp³-hybridized carbons (Fsp3) is 0.250. The Kier molecular flexibility index (Phi) is 5.66. The summed E-state index contributed by atoms with van der Waals surface area (Å²) in [6, 6.07) is 14.7. The molecule has 1 atom stereocenters. The van der Waals surface area contributed by atoms with Crippen LogP contribution in [0, 0.1) is 0 Å². The van der Waals surface area contributed by atoms with Gasteiger partial charge >= 0.3 is 6.03 Å². The van der Waals surface area contributed by atoms with Gasteiger partial charge in [-0.15, -0.1) is 11.3 Å². The number of thiazole rings is 1. The minimum Gasteiger partial charge on any atom is -0.454 e. The summed E-state index contributed by atoms with van der Waals surface area (Å²) in [6.45, 7) is 1.49. The zero-order chi connectivity index (χ0) is 23.7. The summed E-state index contributed by atoms with van der Waals surface area (Å²) in [5, 5.41) is 7.59. The van der Waals surface area contributed by atoms with Crippen molar-refractivity contribution in [3.8, 4) is 22.8 Å². The van der Waals surface area contributed by atoms with Crippen LogP contribution in [-0.2, 0) is 16.0 Å². The largest absolute Gasteiger partial charge is 0.454 e. The topological polar surface area (TPSA) is 110 Å². The third kappa shape index (κ3) is 4.32. The number of anilines is 1. The van der Waals surface area contributed by atoms with Crippen molar-refractivity contribution in [1.82, 2.24) is 15.2 Å². The molecule has 0 aliphatic carbocycles. The molecule has 5 rings (SSSR count). The maximum Gasteiger partial charge on any atom is 0.325 e. The maximum atomic E-state index is 13.0. The number of hydrogen-bond donors (Lipinski definition) is 2. The predicted molar refractivity (Wildman–Crippen MR) is 126 cm³/mol. The summed E-state index contributed by atoms with van der Waals surface area (Å²) in [5.41, 5.74) is 1.51. The number of ether oxygens (including phenoxy) is 2. The van der Waals surface area contributed by atoms with E-state index in [-0.39, 0.29) is 13.3 Å². The van der Waals surface area contributed by atoms with Crippen molar-refractivity contribution in [2.45, 2.75) is 25.3 Å². The van der Waals surface area contributed by atoms with Crippen molar-refractivity contribution in [3.05, 3.63) is 59.5 Å². The molecule has 2 aromatic carbocycles. The van der Waals surface area contributed by atoms with Gasteiger partial charge in [0.1, 0.15) is 12.1 Å². The number of imide groups is 1. The highest BCUT2D eigenvalue weighted by molar-refractivity contribution is 7.14. The Morgan fingerprint density at radius 1 is 1.18 bits per heavy atom. The van der Waals surface area contributed by atoms with Crippen molar-refractivity contribution in [2.24, 2.45) is 0 Å². The standard InChI is InChI=1S/C24H22N4O5S/c1-24(10-9-15-5-3-2-4-6-15)21(30)28(23(31)27-24)12-20(29)26-22-25-17(13-34-22)16-7-8-18-19(11-16)33-14-32-18/h2-8,11,13H,9-10,12,14H2,1H3,(H,27,31)(H,25,26,29). The number of fused-ring (bicyclic) bond motifs is 1. The number of urea groups is 1. The molecule has 0 radical (unpaired) electrons. The van der Waals surface area contributed by atoms with E-state index in [0.717, 1.165) is 16.0 Å². The van der Waals surface area contributed by atoms with Crippen molar-refractivity contribution < 1.29 is 23.9 Å². The van der Waals surface area contributed by atoms with Crippen LogP contribution in [0.4, 0.5) is 9.93 Å². The molecular formula is C24H22N4O5S. The van der Waals surface area contributed by atoms with E-state index < -0.39 is 23.4 Å². The van der Waals surface area contributed by atoms with Crippen LogP contribution in [0.1, 0.15) is 18.9 Å². The highest BCUT2D eigenvalue weighted by Crippen LogP contribution is 2.36. The number of amides is 4. The van der Waals surface area contributed by atoms with Crippen LogP contribution in [0.5, 0.6) is 11.5 Å². The molecule has 2 N–H and O–H groups in total. The number of nitrogens with zero attached hydrogens (tertiary/aromatic N) is 2. The Morgan fingerprint density at radius 2 is 1.97 bits per heavy atom. The molecule has 0 spiro atoms. The zero-order valence-corrected chi connectivity index (χ0v) is 19.2. The second-order valence-electron chi connectivity index (χ2n) is 8.29. The second kappa shape index (κ2) is 8.79. The predicted octanol–water partition coefficient (Wildman–Crippen LogP) is 3.42. The summed E-state index contributed by atoms with van der Waals surface area (Å²) < 4.78 is 10.7. The number of hydrogen-bond acceptors (Lipinski definition) is 7. The van der Waals surface area contributed by atoms with Gasteiger partial charge in [-0.25, -0.2) is 9.78 Å². The van der Waals surface area contributed by atoms with E-state index in [1.807, 2.05) is 53.9 Å². The highest BCUT2D eigenvalue weighted by Gasteiger charge is 2.47. The molecule has 0 saturated carbocycles. The first-order valence-corrected chi connectivity index (χ1v) is 11.6. The summed E-state index contributed by atoms with van der Waals surface area (Å²) in [4.78, 5) is 43.4. The SMILES string of the molecule is CC1(CCc2ccccc2)NC(=O)N(CC(=O)Nc2nc(-c3ccc4c(c3)OCO4)cs2)C1=O. The van der Waals surface area contributed by atoms with E-state index in [9.17, 15) is 14.4 Å². The molecule has 3 aromatic rings. The summed E-state index contributed by atoms with van der Waals surface area (Å²) >= 11 is 1.25. The average Bonchev–Trinajstić information content (AvgIpc) is 3.54. The van der Waals surface area contributed by atoms with E-state index in [2.05, 4.69) is 15.6 Å². The van der Waals surface area contributed by atoms with Crippen LogP contribution in [0.25, 0.3) is 11.3 Å². The van der Waals surface area contributed by atoms with Crippen molar-refractivity contribution in [3.63, 3.8) is 0 Å². The van der Waals surface area contributed by atoms with E-state index in [0.29, 0.717) is 35.2 Å². The molecule has 2 aliphatic rings. The fourth-order valence-electron chi connectivity index (χ4n) is 3.92. The third-order valence-electron chi connectivity index (χ3n) is 5.82. The Morgan fingerprint density at radius 3 is 2.79 bits per heavy atom. The van der Waals surface area contributed by atoms with Crippen LogP contribution < -0.4 is 20.1 Å². The number of aryl methyl sites for hydroxylation is 1. The van der Waals surface area contributed by atoms with Crippen molar-refractivity contribution in [2.75, 3.05) is 18.7 Å². The summed E-state index contributed by atoms with van der Waals surface area (Å²) in [7, 11) is 0. The summed E-state index contributed by atoms with van der Waals surface area (Å²) in [6.07, 6.45) is 1.07. The number of rotatable bonds is 7. The van der Waals surface area contributed by atoms with Gasteiger partial charge in [0.25, 0.3) is 5.91 Å². The van der Waals surface area contributed by atoms with Crippen molar-refractivity contribution >= 4 is 34.3 Å². The Hall–Kier alpha value is -3.92. The third-order valence-corrected chi connectivity index (χ3v) is 6.58. The van der Waals surface area contributed by atoms with Gasteiger partial charge in [-0.1, -0.05) is 30.3 Å². The first kappa shape index (κ1) is 21.9. The maximum absolute atomic E-state index is 13.0. The minimum atomic E-state index is -1.05. The quantitative estimate of drug-likeness (QED) is 0.504. The molecule has 3 heterocycles. The van der Waals surface area contributed by atoms with Crippen LogP contribution in [0.15, 0.2) is 53.9 Å². The van der Waals surface area contributed by atoms with Crippen molar-refractivity contribution in [1.29, 1.82) is 0 Å². The molecule has 34 heavy (non-hydrogen) atoms. The molecule has 10 heteroatoms. The van der Waals surface area contributed by atoms with Gasteiger partial charge in [0.15, 0.2) is 16.6 Å². The van der Waals surface area contributed by atoms with Gasteiger partial charge < -0.3 is 20.1 Å². The number of nitrogens with one attached hydrogen (secondary N) is 2. The number of benzene rings is 2. The highest BCUT2D eigenvalue weighted by atomic mass is 32.1. The lowest BCUT2D eigenvalue weighted by Crippen LogP contribution is -2.45. The monoisotopic (exact) mass is 478 g/mol. The lowest BCUT2D eigenvalue weighted by Gasteiger charge is -2.21. The van der Waals surface area contributed by atoms with Gasteiger partial charge in [0.05, 0.1) is 5.69 Å².